The van der Waals surface area contributed by atoms with Gasteiger partial charge in [-0.1, -0.05) is 48.4 Å². The number of hydrogen-bond acceptors (Lipinski definition) is 3. The molecule has 2 N–H and O–H groups in total. The molecule has 1 aliphatic rings. The smallest absolute Gasteiger partial charge is 0.191 e. The number of aliphatic imine (C=N–C) groups is 1. The van der Waals surface area contributed by atoms with E-state index in [1.54, 1.807) is 7.05 Å². The lowest BCUT2D eigenvalue weighted by atomic mass is 10.0. The normalized spacial score (nSPS) is 17.9. The summed E-state index contributed by atoms with van der Waals surface area (Å²) in [6.07, 6.45) is 6.70. The van der Waals surface area contributed by atoms with Crippen molar-refractivity contribution in [1.29, 1.82) is 0 Å². The highest BCUT2D eigenvalue weighted by Crippen LogP contribution is 2.19. The van der Waals surface area contributed by atoms with E-state index in [1.807, 2.05) is 18.3 Å². The Morgan fingerprint density at radius 3 is 2.55 bits per heavy atom. The van der Waals surface area contributed by atoms with E-state index >= 15 is 0 Å². The average molecular weight is 414 g/mol. The molecule has 156 valence electrons. The van der Waals surface area contributed by atoms with E-state index < -0.39 is 0 Å². The van der Waals surface area contributed by atoms with Gasteiger partial charge >= 0.3 is 0 Å². The number of benzene rings is 1. The van der Waals surface area contributed by atoms with Crippen LogP contribution in [0.2, 0.25) is 5.15 Å². The Morgan fingerprint density at radius 2 is 1.86 bits per heavy atom. The van der Waals surface area contributed by atoms with Crippen molar-refractivity contribution in [2.24, 2.45) is 4.99 Å². The lowest BCUT2D eigenvalue weighted by molar-refractivity contribution is 0.152. The highest BCUT2D eigenvalue weighted by Gasteiger charge is 2.17. The highest BCUT2D eigenvalue weighted by molar-refractivity contribution is 6.29. The molecule has 5 nitrogen and oxygen atoms in total. The van der Waals surface area contributed by atoms with Gasteiger partial charge in [0.2, 0.25) is 0 Å². The first-order chi connectivity index (χ1) is 14.1. The monoisotopic (exact) mass is 413 g/mol. The summed E-state index contributed by atoms with van der Waals surface area (Å²) in [7, 11) is 1.79. The molecule has 0 bridgehead atoms. The molecule has 0 spiro atoms. The SMILES string of the molecule is CN=C(NCCc1ccc(Cl)nc1)NCc1ccc(CN2CCCCC2C)cc1. The number of guanidine groups is 1. The first kappa shape index (κ1) is 21.6. The van der Waals surface area contributed by atoms with Crippen LogP contribution in [0.25, 0.3) is 0 Å². The molecule has 0 aliphatic carbocycles. The van der Waals surface area contributed by atoms with Gasteiger partial charge in [0, 0.05) is 38.9 Å². The van der Waals surface area contributed by atoms with Gasteiger partial charge in [-0.15, -0.1) is 0 Å². The van der Waals surface area contributed by atoms with E-state index in [0.29, 0.717) is 11.2 Å². The molecule has 1 saturated heterocycles. The molecule has 2 heterocycles. The number of piperidine rings is 1. The minimum atomic E-state index is 0.524. The van der Waals surface area contributed by atoms with Gasteiger partial charge in [0.15, 0.2) is 5.96 Å². The zero-order valence-electron chi connectivity index (χ0n) is 17.5. The summed E-state index contributed by atoms with van der Waals surface area (Å²) in [4.78, 5) is 11.0. The van der Waals surface area contributed by atoms with E-state index in [-0.39, 0.29) is 0 Å². The van der Waals surface area contributed by atoms with Crippen LogP contribution in [0.5, 0.6) is 0 Å². The summed E-state index contributed by atoms with van der Waals surface area (Å²) in [5.74, 6) is 0.804. The van der Waals surface area contributed by atoms with Crippen molar-refractivity contribution in [1.82, 2.24) is 20.5 Å². The largest absolute Gasteiger partial charge is 0.356 e. The van der Waals surface area contributed by atoms with Crippen molar-refractivity contribution >= 4 is 17.6 Å². The zero-order valence-corrected chi connectivity index (χ0v) is 18.3. The molecule has 1 unspecified atom stereocenters. The van der Waals surface area contributed by atoms with E-state index in [4.69, 9.17) is 11.6 Å². The maximum Gasteiger partial charge on any atom is 0.191 e. The molecule has 1 atom stereocenters. The van der Waals surface area contributed by atoms with Crippen LogP contribution in [0.4, 0.5) is 0 Å². The van der Waals surface area contributed by atoms with Crippen molar-refractivity contribution in [3.05, 3.63) is 64.4 Å². The first-order valence-corrected chi connectivity index (χ1v) is 10.9. The van der Waals surface area contributed by atoms with Crippen molar-refractivity contribution < 1.29 is 0 Å². The Morgan fingerprint density at radius 1 is 1.10 bits per heavy atom. The molecule has 2 aromatic rings. The third-order valence-electron chi connectivity index (χ3n) is 5.53. The highest BCUT2D eigenvalue weighted by atomic mass is 35.5. The number of halogens is 1. The Labute approximate surface area is 179 Å². The van der Waals surface area contributed by atoms with Gasteiger partial charge < -0.3 is 10.6 Å². The molecular formula is C23H32ClN5. The minimum absolute atomic E-state index is 0.524. The van der Waals surface area contributed by atoms with E-state index in [0.717, 1.165) is 37.6 Å². The summed E-state index contributed by atoms with van der Waals surface area (Å²) in [5, 5.41) is 7.25. The zero-order chi connectivity index (χ0) is 20.5. The van der Waals surface area contributed by atoms with Crippen LogP contribution in [0.15, 0.2) is 47.6 Å². The third-order valence-corrected chi connectivity index (χ3v) is 5.75. The van der Waals surface area contributed by atoms with Gasteiger partial charge in [0.05, 0.1) is 0 Å². The second kappa shape index (κ2) is 11.2. The van der Waals surface area contributed by atoms with Crippen molar-refractivity contribution in [3.63, 3.8) is 0 Å². The Bertz CT molecular complexity index is 773. The number of rotatable bonds is 7. The Balaban J connectivity index is 1.41. The topological polar surface area (TPSA) is 52.6 Å². The third kappa shape index (κ3) is 7.02. The fourth-order valence-electron chi connectivity index (χ4n) is 3.68. The van der Waals surface area contributed by atoms with Crippen LogP contribution < -0.4 is 10.6 Å². The molecule has 0 saturated carbocycles. The quantitative estimate of drug-likeness (QED) is 0.409. The van der Waals surface area contributed by atoms with Crippen LogP contribution in [0, 0.1) is 0 Å². The van der Waals surface area contributed by atoms with Gasteiger partial charge in [-0.2, -0.15) is 0 Å². The van der Waals surface area contributed by atoms with Gasteiger partial charge in [-0.3, -0.25) is 9.89 Å². The van der Waals surface area contributed by atoms with Crippen molar-refractivity contribution in [2.75, 3.05) is 20.1 Å². The molecule has 1 fully saturated rings. The second-order valence-corrected chi connectivity index (χ2v) is 8.11. The predicted molar refractivity (Wildman–Crippen MR) is 121 cm³/mol. The summed E-state index contributed by atoms with van der Waals surface area (Å²) in [6.45, 7) is 6.16. The first-order valence-electron chi connectivity index (χ1n) is 10.5. The van der Waals surface area contributed by atoms with Crippen LogP contribution >= 0.6 is 11.6 Å². The number of aromatic nitrogens is 1. The standard InChI is InChI=1S/C23H32ClN5/c1-18-5-3-4-14-29(18)17-21-8-6-19(7-9-21)16-28-23(25-2)26-13-12-20-10-11-22(24)27-15-20/h6-11,15,18H,3-5,12-14,16-17H2,1-2H3,(H2,25,26,28). The second-order valence-electron chi connectivity index (χ2n) is 7.72. The lowest BCUT2D eigenvalue weighted by Crippen LogP contribution is -2.38. The number of pyridine rings is 1. The molecule has 1 aromatic carbocycles. The number of likely N-dealkylation sites (tertiary alicyclic amines) is 1. The molecule has 1 aliphatic heterocycles. The van der Waals surface area contributed by atoms with E-state index in [9.17, 15) is 0 Å². The van der Waals surface area contributed by atoms with Crippen molar-refractivity contribution in [2.45, 2.75) is 51.7 Å². The van der Waals surface area contributed by atoms with Gasteiger partial charge in [0.1, 0.15) is 5.15 Å². The van der Waals surface area contributed by atoms with Crippen LogP contribution in [-0.4, -0.2) is 42.0 Å². The lowest BCUT2D eigenvalue weighted by Gasteiger charge is -2.33. The van der Waals surface area contributed by atoms with E-state index in [1.165, 1.54) is 36.9 Å². The molecular weight excluding hydrogens is 382 g/mol. The van der Waals surface area contributed by atoms with Gasteiger partial charge in [0.25, 0.3) is 0 Å². The summed E-state index contributed by atoms with van der Waals surface area (Å²) in [6, 6.07) is 13.4. The van der Waals surface area contributed by atoms with Crippen molar-refractivity contribution in [3.8, 4) is 0 Å². The predicted octanol–water partition coefficient (Wildman–Crippen LogP) is 4.02. The molecule has 0 radical (unpaired) electrons. The van der Waals surface area contributed by atoms with Crippen LogP contribution in [0.3, 0.4) is 0 Å². The van der Waals surface area contributed by atoms with E-state index in [2.05, 4.69) is 56.7 Å². The van der Waals surface area contributed by atoms with Crippen LogP contribution in [0.1, 0.15) is 42.9 Å². The number of nitrogens with zero attached hydrogens (tertiary/aromatic N) is 3. The maximum absolute atomic E-state index is 5.82. The molecule has 0 amide bonds. The van der Waals surface area contributed by atoms with Crippen LogP contribution in [-0.2, 0) is 19.5 Å². The summed E-state index contributed by atoms with van der Waals surface area (Å²) >= 11 is 5.82. The molecule has 3 rings (SSSR count). The van der Waals surface area contributed by atoms with Gasteiger partial charge in [-0.05, 0) is 55.5 Å². The fraction of sp³-hybridized carbons (Fsp3) is 0.478. The summed E-state index contributed by atoms with van der Waals surface area (Å²) in [5.41, 5.74) is 3.79. The Hall–Kier alpha value is -2.11. The number of nitrogens with one attached hydrogen (secondary N) is 2. The Kier molecular flexibility index (Phi) is 8.32. The fourth-order valence-corrected chi connectivity index (χ4v) is 3.79. The molecule has 1 aromatic heterocycles. The molecule has 6 heteroatoms. The summed E-state index contributed by atoms with van der Waals surface area (Å²) < 4.78 is 0. The maximum atomic E-state index is 5.82. The minimum Gasteiger partial charge on any atom is -0.356 e. The van der Waals surface area contributed by atoms with Gasteiger partial charge in [-0.25, -0.2) is 4.98 Å². The average Bonchev–Trinajstić information content (AvgIpc) is 2.74. The molecule has 29 heavy (non-hydrogen) atoms. The number of hydrogen-bond donors (Lipinski definition) is 2.